The first-order valence-corrected chi connectivity index (χ1v) is 8.93. The second kappa shape index (κ2) is 6.13. The second-order valence-corrected chi connectivity index (χ2v) is 7.25. The number of piperidine rings is 1. The lowest BCUT2D eigenvalue weighted by molar-refractivity contribution is 0.0492. The van der Waals surface area contributed by atoms with Crippen molar-refractivity contribution in [2.24, 2.45) is 5.92 Å². The predicted octanol–water partition coefficient (Wildman–Crippen LogP) is 3.69. The monoisotopic (exact) mass is 288 g/mol. The van der Waals surface area contributed by atoms with E-state index in [0.717, 1.165) is 42.6 Å². The third kappa shape index (κ3) is 3.35. The highest BCUT2D eigenvalue weighted by Gasteiger charge is 2.33. The van der Waals surface area contributed by atoms with Gasteiger partial charge in [-0.05, 0) is 63.1 Å². The zero-order valence-electron chi connectivity index (χ0n) is 13.0. The molecule has 3 fully saturated rings. The van der Waals surface area contributed by atoms with Gasteiger partial charge in [-0.15, -0.1) is 0 Å². The number of hydrogen-bond acceptors (Lipinski definition) is 3. The Balaban J connectivity index is 1.35. The first kappa shape index (κ1) is 13.8. The van der Waals surface area contributed by atoms with E-state index in [4.69, 9.17) is 4.42 Å². The highest BCUT2D eigenvalue weighted by molar-refractivity contribution is 5.08. The van der Waals surface area contributed by atoms with Crippen LogP contribution in [0, 0.1) is 5.92 Å². The molecule has 2 saturated carbocycles. The van der Waals surface area contributed by atoms with Crippen molar-refractivity contribution in [2.75, 3.05) is 6.54 Å². The van der Waals surface area contributed by atoms with Gasteiger partial charge in [0, 0.05) is 12.1 Å². The van der Waals surface area contributed by atoms with E-state index < -0.39 is 0 Å². The molecule has 3 aliphatic rings. The molecule has 2 aliphatic carbocycles. The Morgan fingerprint density at radius 3 is 2.71 bits per heavy atom. The van der Waals surface area contributed by atoms with Crippen LogP contribution in [-0.2, 0) is 13.1 Å². The molecular weight excluding hydrogens is 260 g/mol. The summed E-state index contributed by atoms with van der Waals surface area (Å²) in [6.45, 7) is 3.18. The largest absolute Gasteiger partial charge is 0.463 e. The average molecular weight is 288 g/mol. The summed E-state index contributed by atoms with van der Waals surface area (Å²) < 4.78 is 6.04. The molecule has 3 heteroatoms. The Morgan fingerprint density at radius 1 is 1.00 bits per heavy atom. The number of nitrogens with one attached hydrogen (secondary N) is 1. The Morgan fingerprint density at radius 2 is 1.81 bits per heavy atom. The van der Waals surface area contributed by atoms with E-state index in [1.807, 2.05) is 0 Å². The van der Waals surface area contributed by atoms with Crippen molar-refractivity contribution in [3.63, 3.8) is 0 Å². The van der Waals surface area contributed by atoms with Gasteiger partial charge in [-0.3, -0.25) is 4.90 Å². The van der Waals surface area contributed by atoms with Crippen molar-refractivity contribution in [3.05, 3.63) is 23.7 Å². The summed E-state index contributed by atoms with van der Waals surface area (Å²) in [4.78, 5) is 2.70. The fraction of sp³-hybridized carbons (Fsp3) is 0.778. The van der Waals surface area contributed by atoms with Gasteiger partial charge in [0.25, 0.3) is 0 Å². The predicted molar refractivity (Wildman–Crippen MR) is 84.0 cm³/mol. The first-order chi connectivity index (χ1) is 10.4. The molecule has 1 aromatic heterocycles. The minimum absolute atomic E-state index is 0.753. The third-order valence-electron chi connectivity index (χ3n) is 5.58. The third-order valence-corrected chi connectivity index (χ3v) is 5.58. The molecular formula is C18H28N2O. The van der Waals surface area contributed by atoms with E-state index in [9.17, 15) is 0 Å². The normalized spacial score (nSPS) is 30.3. The van der Waals surface area contributed by atoms with Crippen LogP contribution in [-0.4, -0.2) is 23.5 Å². The average Bonchev–Trinajstić information content (AvgIpc) is 3.25. The van der Waals surface area contributed by atoms with Gasteiger partial charge >= 0.3 is 0 Å². The van der Waals surface area contributed by atoms with E-state index in [-0.39, 0.29) is 0 Å². The summed E-state index contributed by atoms with van der Waals surface area (Å²) in [5.41, 5.74) is 0. The second-order valence-electron chi connectivity index (χ2n) is 7.25. The fourth-order valence-corrected chi connectivity index (χ4v) is 4.26. The van der Waals surface area contributed by atoms with E-state index in [1.54, 1.807) is 0 Å². The molecule has 0 radical (unpaired) electrons. The van der Waals surface area contributed by atoms with Crippen molar-refractivity contribution in [2.45, 2.75) is 76.5 Å². The smallest absolute Gasteiger partial charge is 0.118 e. The van der Waals surface area contributed by atoms with Crippen LogP contribution in [0.4, 0.5) is 0 Å². The zero-order chi connectivity index (χ0) is 14.1. The van der Waals surface area contributed by atoms with Crippen LogP contribution in [0.1, 0.15) is 62.9 Å². The molecule has 0 bridgehead atoms. The molecule has 0 amide bonds. The molecule has 21 heavy (non-hydrogen) atoms. The lowest BCUT2D eigenvalue weighted by Crippen LogP contribution is -2.46. The van der Waals surface area contributed by atoms with Gasteiger partial charge in [-0.2, -0.15) is 0 Å². The van der Waals surface area contributed by atoms with Gasteiger partial charge in [0.1, 0.15) is 11.5 Å². The van der Waals surface area contributed by atoms with Crippen LogP contribution in [0.25, 0.3) is 0 Å². The van der Waals surface area contributed by atoms with Crippen molar-refractivity contribution in [3.8, 4) is 0 Å². The summed E-state index contributed by atoms with van der Waals surface area (Å²) in [6.07, 6.45) is 11.2. The van der Waals surface area contributed by atoms with Crippen LogP contribution >= 0.6 is 0 Å². The van der Waals surface area contributed by atoms with Crippen LogP contribution in [0.3, 0.4) is 0 Å². The SMILES string of the molecule is c1cc(CN2CCC[C@H]3CCCC[C@H]32)oc1CNC1CC1. The number of likely N-dealkylation sites (tertiary alicyclic amines) is 1. The number of fused-ring (bicyclic) bond motifs is 1. The molecule has 1 aromatic rings. The minimum atomic E-state index is 0.753. The van der Waals surface area contributed by atoms with Crippen molar-refractivity contribution in [1.29, 1.82) is 0 Å². The summed E-state index contributed by atoms with van der Waals surface area (Å²) in [5.74, 6) is 3.22. The van der Waals surface area contributed by atoms with E-state index in [0.29, 0.717) is 0 Å². The van der Waals surface area contributed by atoms with Crippen molar-refractivity contribution in [1.82, 2.24) is 10.2 Å². The maximum Gasteiger partial charge on any atom is 0.118 e. The van der Waals surface area contributed by atoms with Gasteiger partial charge in [0.05, 0.1) is 13.1 Å². The molecule has 2 atom stereocenters. The quantitative estimate of drug-likeness (QED) is 0.896. The molecule has 0 unspecified atom stereocenters. The van der Waals surface area contributed by atoms with E-state index in [1.165, 1.54) is 57.9 Å². The number of nitrogens with zero attached hydrogens (tertiary/aromatic N) is 1. The van der Waals surface area contributed by atoms with Gasteiger partial charge in [0.2, 0.25) is 0 Å². The Bertz CT molecular complexity index is 464. The summed E-state index contributed by atoms with van der Waals surface area (Å²) in [5, 5.41) is 3.53. The van der Waals surface area contributed by atoms with Gasteiger partial charge in [-0.1, -0.05) is 12.8 Å². The van der Waals surface area contributed by atoms with Crippen molar-refractivity contribution >= 4 is 0 Å². The summed E-state index contributed by atoms with van der Waals surface area (Å²) >= 11 is 0. The lowest BCUT2D eigenvalue weighted by Gasteiger charge is -2.43. The molecule has 3 nitrogen and oxygen atoms in total. The maximum atomic E-state index is 6.04. The Kier molecular flexibility index (Phi) is 4.04. The van der Waals surface area contributed by atoms with Gasteiger partial charge < -0.3 is 9.73 Å². The fourth-order valence-electron chi connectivity index (χ4n) is 4.26. The molecule has 1 aliphatic heterocycles. The Hall–Kier alpha value is -0.800. The van der Waals surface area contributed by atoms with Gasteiger partial charge in [-0.25, -0.2) is 0 Å². The number of hydrogen-bond donors (Lipinski definition) is 1. The highest BCUT2D eigenvalue weighted by Crippen LogP contribution is 2.36. The first-order valence-electron chi connectivity index (χ1n) is 8.93. The molecule has 2 heterocycles. The standard InChI is InChI=1S/C18H28N2O/c1-2-6-18-14(4-1)5-3-11-20(18)13-17-10-9-16(21-17)12-19-15-7-8-15/h9-10,14-15,18-19H,1-8,11-13H2/t14-,18-/m1/s1. The molecule has 4 rings (SSSR count). The van der Waals surface area contributed by atoms with Crippen LogP contribution in [0.15, 0.2) is 16.5 Å². The number of rotatable bonds is 5. The minimum Gasteiger partial charge on any atom is -0.463 e. The van der Waals surface area contributed by atoms with Crippen LogP contribution < -0.4 is 5.32 Å². The van der Waals surface area contributed by atoms with Gasteiger partial charge in [0.15, 0.2) is 0 Å². The summed E-state index contributed by atoms with van der Waals surface area (Å²) in [6, 6.07) is 5.93. The van der Waals surface area contributed by atoms with E-state index >= 15 is 0 Å². The molecule has 0 spiro atoms. The summed E-state index contributed by atoms with van der Waals surface area (Å²) in [7, 11) is 0. The number of furan rings is 1. The molecule has 116 valence electrons. The molecule has 0 aromatic carbocycles. The Labute approximate surface area is 128 Å². The van der Waals surface area contributed by atoms with Crippen LogP contribution in [0.5, 0.6) is 0 Å². The van der Waals surface area contributed by atoms with E-state index in [2.05, 4.69) is 22.3 Å². The molecule has 1 N–H and O–H groups in total. The lowest BCUT2D eigenvalue weighted by atomic mass is 9.78. The maximum absolute atomic E-state index is 6.04. The van der Waals surface area contributed by atoms with Crippen molar-refractivity contribution < 1.29 is 4.42 Å². The molecule has 1 saturated heterocycles. The van der Waals surface area contributed by atoms with Crippen LogP contribution in [0.2, 0.25) is 0 Å². The zero-order valence-corrected chi connectivity index (χ0v) is 13.0. The highest BCUT2D eigenvalue weighted by atomic mass is 16.3. The topological polar surface area (TPSA) is 28.4 Å².